The Morgan fingerprint density at radius 1 is 1.24 bits per heavy atom. The van der Waals surface area contributed by atoms with Crippen molar-refractivity contribution in [3.05, 3.63) is 58.1 Å². The highest BCUT2D eigenvalue weighted by molar-refractivity contribution is 6.44. The van der Waals surface area contributed by atoms with Gasteiger partial charge in [0.2, 0.25) is 17.8 Å². The van der Waals surface area contributed by atoms with E-state index >= 15 is 0 Å². The molecule has 0 saturated carbocycles. The maximum absolute atomic E-state index is 12.2. The molecule has 1 aliphatic heterocycles. The molecule has 0 bridgehead atoms. The van der Waals surface area contributed by atoms with Gasteiger partial charge in [0.15, 0.2) is 0 Å². The highest BCUT2D eigenvalue weighted by Crippen LogP contribution is 2.29. The van der Waals surface area contributed by atoms with Crippen LogP contribution in [0.4, 0.5) is 11.4 Å². The molecule has 2 aromatic rings. The topological polar surface area (TPSA) is 121 Å². The fourth-order valence-electron chi connectivity index (χ4n) is 2.62. The van der Waals surface area contributed by atoms with E-state index < -0.39 is 17.9 Å². The Balaban J connectivity index is 1.63. The number of rotatable bonds is 4. The number of amides is 2. The molecule has 1 unspecified atom stereocenters. The summed E-state index contributed by atoms with van der Waals surface area (Å²) in [6, 6.07) is 11.5. The van der Waals surface area contributed by atoms with E-state index in [2.05, 4.69) is 25.9 Å². The molecule has 0 spiro atoms. The first-order valence-corrected chi connectivity index (χ1v) is 9.38. The first-order chi connectivity index (χ1) is 13.8. The van der Waals surface area contributed by atoms with E-state index in [0.717, 1.165) is 11.3 Å². The van der Waals surface area contributed by atoms with Crippen LogP contribution in [0, 0.1) is 6.92 Å². The standard InChI is InChI=1S/C19H18Cl2N6O2/c1-10-4-2-5-11(8-10)23-18(22)27-19-25-14(17(29)26-19)9-15(28)24-13-7-3-6-12(20)16(13)21/h2-8,14H,9H2,1H3,(H,24,28)(H4,22,23,25,26,27,29). The normalized spacial score (nSPS) is 16.2. The summed E-state index contributed by atoms with van der Waals surface area (Å²) >= 11 is 12.0. The molecule has 0 radical (unpaired) electrons. The molecule has 2 aromatic carbocycles. The van der Waals surface area contributed by atoms with Gasteiger partial charge in [-0.05, 0) is 36.8 Å². The summed E-state index contributed by atoms with van der Waals surface area (Å²) in [5.74, 6) is -0.787. The minimum atomic E-state index is -0.918. The molecule has 5 N–H and O–H groups in total. The smallest absolute Gasteiger partial charge is 0.252 e. The van der Waals surface area contributed by atoms with Gasteiger partial charge < -0.3 is 16.4 Å². The molecule has 150 valence electrons. The maximum atomic E-state index is 12.2. The van der Waals surface area contributed by atoms with E-state index in [9.17, 15) is 9.59 Å². The monoisotopic (exact) mass is 432 g/mol. The number of nitrogens with one attached hydrogen (secondary N) is 3. The van der Waals surface area contributed by atoms with Crippen molar-refractivity contribution >= 4 is 58.3 Å². The minimum absolute atomic E-state index is 0.0336. The Morgan fingerprint density at radius 2 is 2.00 bits per heavy atom. The maximum Gasteiger partial charge on any atom is 0.252 e. The number of aryl methyl sites for hydroxylation is 1. The number of carbonyl (C=O) groups is 2. The number of benzene rings is 2. The van der Waals surface area contributed by atoms with E-state index in [4.69, 9.17) is 28.9 Å². The van der Waals surface area contributed by atoms with E-state index in [-0.39, 0.29) is 23.4 Å². The molecule has 0 saturated heterocycles. The van der Waals surface area contributed by atoms with E-state index in [1.54, 1.807) is 18.2 Å². The molecule has 0 aliphatic carbocycles. The number of carbonyl (C=O) groups excluding carboxylic acids is 2. The lowest BCUT2D eigenvalue weighted by molar-refractivity contribution is -0.123. The van der Waals surface area contributed by atoms with Crippen molar-refractivity contribution in [2.24, 2.45) is 15.7 Å². The van der Waals surface area contributed by atoms with E-state index in [1.165, 1.54) is 0 Å². The van der Waals surface area contributed by atoms with Crippen molar-refractivity contribution in [3.8, 4) is 0 Å². The van der Waals surface area contributed by atoms with Gasteiger partial charge in [-0.1, -0.05) is 41.4 Å². The molecule has 10 heteroatoms. The number of aliphatic imine (C=N–C) groups is 2. The second-order valence-electron chi connectivity index (χ2n) is 6.30. The summed E-state index contributed by atoms with van der Waals surface area (Å²) in [6.45, 7) is 1.95. The molecule has 1 atom stereocenters. The highest BCUT2D eigenvalue weighted by atomic mass is 35.5. The molecule has 29 heavy (non-hydrogen) atoms. The summed E-state index contributed by atoms with van der Waals surface area (Å²) in [6.07, 6.45) is -0.182. The van der Waals surface area contributed by atoms with Crippen LogP contribution in [0.25, 0.3) is 0 Å². The van der Waals surface area contributed by atoms with Crippen LogP contribution in [-0.4, -0.2) is 29.8 Å². The van der Waals surface area contributed by atoms with Crippen molar-refractivity contribution in [1.82, 2.24) is 5.32 Å². The predicted molar refractivity (Wildman–Crippen MR) is 115 cm³/mol. The fourth-order valence-corrected chi connectivity index (χ4v) is 2.96. The summed E-state index contributed by atoms with van der Waals surface area (Å²) in [4.78, 5) is 32.5. The lowest BCUT2D eigenvalue weighted by Gasteiger charge is -2.09. The Labute approximate surface area is 177 Å². The summed E-state index contributed by atoms with van der Waals surface area (Å²) in [5.41, 5.74) is 8.03. The zero-order valence-electron chi connectivity index (χ0n) is 15.4. The third-order valence-electron chi connectivity index (χ3n) is 3.94. The number of anilines is 2. The lowest BCUT2D eigenvalue weighted by Crippen LogP contribution is -2.32. The summed E-state index contributed by atoms with van der Waals surface area (Å²) in [7, 11) is 0. The zero-order chi connectivity index (χ0) is 21.0. The van der Waals surface area contributed by atoms with Gasteiger partial charge in [0.25, 0.3) is 5.91 Å². The van der Waals surface area contributed by atoms with Crippen LogP contribution in [0.5, 0.6) is 0 Å². The summed E-state index contributed by atoms with van der Waals surface area (Å²) in [5, 5.41) is 8.56. The van der Waals surface area contributed by atoms with Crippen LogP contribution in [0.2, 0.25) is 10.0 Å². The molecule has 0 aromatic heterocycles. The molecule has 8 nitrogen and oxygen atoms in total. The van der Waals surface area contributed by atoms with Gasteiger partial charge in [-0.15, -0.1) is 0 Å². The molecular weight excluding hydrogens is 415 g/mol. The second kappa shape index (κ2) is 8.93. The Morgan fingerprint density at radius 3 is 2.76 bits per heavy atom. The van der Waals surface area contributed by atoms with Crippen LogP contribution >= 0.6 is 23.2 Å². The molecule has 1 heterocycles. The van der Waals surface area contributed by atoms with Crippen LogP contribution < -0.4 is 21.7 Å². The van der Waals surface area contributed by atoms with Crippen molar-refractivity contribution in [2.75, 3.05) is 10.6 Å². The molecule has 0 fully saturated rings. The van der Waals surface area contributed by atoms with Gasteiger partial charge in [0, 0.05) is 5.69 Å². The Bertz CT molecular complexity index is 1020. The SMILES string of the molecule is Cc1cccc(N/C(N)=N/C2=NC(CC(=O)Nc3cccc(Cl)c3Cl)C(=O)N2)c1. The minimum Gasteiger partial charge on any atom is -0.369 e. The van der Waals surface area contributed by atoms with E-state index in [0.29, 0.717) is 10.7 Å². The lowest BCUT2D eigenvalue weighted by atomic mass is 10.2. The van der Waals surface area contributed by atoms with Crippen molar-refractivity contribution in [1.29, 1.82) is 0 Å². The first kappa shape index (κ1) is 20.6. The van der Waals surface area contributed by atoms with Crippen LogP contribution in [0.3, 0.4) is 0 Å². The number of hydrogen-bond acceptors (Lipinski definition) is 4. The van der Waals surface area contributed by atoms with Gasteiger partial charge in [0.05, 0.1) is 22.2 Å². The highest BCUT2D eigenvalue weighted by Gasteiger charge is 2.29. The van der Waals surface area contributed by atoms with Crippen molar-refractivity contribution in [3.63, 3.8) is 0 Å². The number of nitrogens with zero attached hydrogens (tertiary/aromatic N) is 2. The molecule has 3 rings (SSSR count). The van der Waals surface area contributed by atoms with Crippen molar-refractivity contribution < 1.29 is 9.59 Å². The van der Waals surface area contributed by atoms with Gasteiger partial charge in [-0.25, -0.2) is 4.99 Å². The predicted octanol–water partition coefficient (Wildman–Crippen LogP) is 2.91. The van der Waals surface area contributed by atoms with Crippen LogP contribution in [-0.2, 0) is 9.59 Å². The van der Waals surface area contributed by atoms with E-state index in [1.807, 2.05) is 31.2 Å². The summed E-state index contributed by atoms with van der Waals surface area (Å²) < 4.78 is 0. The third-order valence-corrected chi connectivity index (χ3v) is 4.76. The Hall–Kier alpha value is -3.10. The van der Waals surface area contributed by atoms with Gasteiger partial charge in [-0.3, -0.25) is 14.9 Å². The number of nitrogens with two attached hydrogens (primary N) is 1. The first-order valence-electron chi connectivity index (χ1n) is 8.62. The molecule has 2 amide bonds. The van der Waals surface area contributed by atoms with Crippen molar-refractivity contribution in [2.45, 2.75) is 19.4 Å². The number of hydrogen-bond donors (Lipinski definition) is 4. The number of guanidine groups is 2. The average Bonchev–Trinajstić information content (AvgIpc) is 2.97. The van der Waals surface area contributed by atoms with Crippen LogP contribution in [0.1, 0.15) is 12.0 Å². The second-order valence-corrected chi connectivity index (χ2v) is 7.09. The number of halogens is 2. The van der Waals surface area contributed by atoms with Gasteiger partial charge in [0.1, 0.15) is 6.04 Å². The quantitative estimate of drug-likeness (QED) is 0.438. The largest absolute Gasteiger partial charge is 0.369 e. The fraction of sp³-hybridized carbons (Fsp3) is 0.158. The van der Waals surface area contributed by atoms with Gasteiger partial charge in [-0.2, -0.15) is 4.99 Å². The molecular formula is C19H18Cl2N6O2. The molecule has 1 aliphatic rings. The van der Waals surface area contributed by atoms with Gasteiger partial charge >= 0.3 is 0 Å². The average molecular weight is 433 g/mol. The zero-order valence-corrected chi connectivity index (χ0v) is 16.9. The third kappa shape index (κ3) is 5.46. The Kier molecular flexibility index (Phi) is 6.36. The van der Waals surface area contributed by atoms with Crippen LogP contribution in [0.15, 0.2) is 52.4 Å².